The molecule has 0 unspecified atom stereocenters. The molecule has 140 valence electrons. The van der Waals surface area contributed by atoms with Crippen LogP contribution in [0.1, 0.15) is 35.0 Å². The summed E-state index contributed by atoms with van der Waals surface area (Å²) in [6.07, 6.45) is 2.24. The fraction of sp³-hybridized carbons (Fsp3) is 0.368. The second kappa shape index (κ2) is 10.2. The molecule has 7 heteroatoms. The molecule has 26 heavy (non-hydrogen) atoms. The molecular weight excluding hydrogens is 335 g/mol. The van der Waals surface area contributed by atoms with Gasteiger partial charge >= 0.3 is 0 Å². The van der Waals surface area contributed by atoms with Crippen LogP contribution in [0.25, 0.3) is 0 Å². The predicted molar refractivity (Wildman–Crippen MR) is 99.6 cm³/mol. The zero-order valence-electron chi connectivity index (χ0n) is 15.1. The molecule has 0 atom stereocenters. The average molecular weight is 360 g/mol. The Hall–Kier alpha value is -2.83. The lowest BCUT2D eigenvalue weighted by atomic mass is 10.2. The van der Waals surface area contributed by atoms with Gasteiger partial charge in [0.05, 0.1) is 12.8 Å². The van der Waals surface area contributed by atoms with E-state index in [1.165, 1.54) is 18.4 Å². The summed E-state index contributed by atoms with van der Waals surface area (Å²) in [6.45, 7) is 6.09. The summed E-state index contributed by atoms with van der Waals surface area (Å²) >= 11 is 0. The largest absolute Gasteiger partial charge is 0.459 e. The van der Waals surface area contributed by atoms with E-state index in [1.54, 1.807) is 12.1 Å². The topological polar surface area (TPSA) is 78.7 Å². The first-order chi connectivity index (χ1) is 12.6. The van der Waals surface area contributed by atoms with Gasteiger partial charge in [0.1, 0.15) is 5.82 Å². The molecule has 0 aliphatic carbocycles. The van der Waals surface area contributed by atoms with Gasteiger partial charge in [0.15, 0.2) is 11.7 Å². The van der Waals surface area contributed by atoms with E-state index in [0.29, 0.717) is 31.4 Å². The lowest BCUT2D eigenvalue weighted by Gasteiger charge is -2.11. The molecule has 0 aliphatic heterocycles. The van der Waals surface area contributed by atoms with Crippen molar-refractivity contribution < 1.29 is 13.6 Å². The monoisotopic (exact) mass is 360 g/mol. The van der Waals surface area contributed by atoms with Gasteiger partial charge in [0, 0.05) is 25.2 Å². The highest BCUT2D eigenvalue weighted by molar-refractivity contribution is 5.92. The van der Waals surface area contributed by atoms with Gasteiger partial charge in [-0.25, -0.2) is 9.38 Å². The summed E-state index contributed by atoms with van der Waals surface area (Å²) in [6, 6.07) is 8.15. The van der Waals surface area contributed by atoms with E-state index in [4.69, 9.17) is 4.42 Å². The third kappa shape index (κ3) is 6.23. The Morgan fingerprint density at radius 2 is 2.00 bits per heavy atom. The number of nitrogens with zero attached hydrogens (tertiary/aromatic N) is 1. The molecule has 0 spiro atoms. The molecule has 3 N–H and O–H groups in total. The van der Waals surface area contributed by atoms with E-state index in [-0.39, 0.29) is 11.7 Å². The molecule has 2 rings (SSSR count). The molecule has 1 amide bonds. The predicted octanol–water partition coefficient (Wildman–Crippen LogP) is 2.60. The van der Waals surface area contributed by atoms with Crippen LogP contribution in [0, 0.1) is 12.7 Å². The molecule has 0 aliphatic rings. The first kappa shape index (κ1) is 19.5. The van der Waals surface area contributed by atoms with E-state index in [2.05, 4.69) is 20.9 Å². The van der Waals surface area contributed by atoms with Gasteiger partial charge in [-0.2, -0.15) is 0 Å². The van der Waals surface area contributed by atoms with Crippen LogP contribution in [0.4, 0.5) is 4.39 Å². The number of rotatable bonds is 8. The van der Waals surface area contributed by atoms with Gasteiger partial charge in [-0.3, -0.25) is 4.79 Å². The van der Waals surface area contributed by atoms with Crippen LogP contribution in [-0.4, -0.2) is 31.5 Å². The molecule has 1 aromatic carbocycles. The highest BCUT2D eigenvalue weighted by atomic mass is 19.1. The molecular formula is C19H25FN4O2. The number of halogens is 1. The van der Waals surface area contributed by atoms with E-state index in [1.807, 2.05) is 19.9 Å². The van der Waals surface area contributed by atoms with Crippen LogP contribution in [-0.2, 0) is 6.54 Å². The van der Waals surface area contributed by atoms with Crippen molar-refractivity contribution in [3.63, 3.8) is 0 Å². The van der Waals surface area contributed by atoms with Gasteiger partial charge in [-0.05, 0) is 44.0 Å². The summed E-state index contributed by atoms with van der Waals surface area (Å²) in [5.41, 5.74) is 1.63. The second-order valence-electron chi connectivity index (χ2n) is 5.79. The third-order valence-electron chi connectivity index (χ3n) is 3.65. The van der Waals surface area contributed by atoms with Crippen LogP contribution in [0.5, 0.6) is 0 Å². The maximum absolute atomic E-state index is 13.2. The Labute approximate surface area is 152 Å². The summed E-state index contributed by atoms with van der Waals surface area (Å²) in [5.74, 6) is 0.533. The lowest BCUT2D eigenvalue weighted by Crippen LogP contribution is -2.38. The van der Waals surface area contributed by atoms with E-state index < -0.39 is 0 Å². The number of carbonyl (C=O) groups is 1. The van der Waals surface area contributed by atoms with Crippen molar-refractivity contribution in [1.29, 1.82) is 0 Å². The third-order valence-corrected chi connectivity index (χ3v) is 3.65. The number of aryl methyl sites for hydroxylation is 1. The molecule has 6 nitrogen and oxygen atoms in total. The lowest BCUT2D eigenvalue weighted by molar-refractivity contribution is 0.0925. The highest BCUT2D eigenvalue weighted by Crippen LogP contribution is 2.08. The Morgan fingerprint density at radius 1 is 1.19 bits per heavy atom. The molecule has 0 bridgehead atoms. The summed E-state index contributed by atoms with van der Waals surface area (Å²) < 4.78 is 18.4. The van der Waals surface area contributed by atoms with E-state index in [9.17, 15) is 9.18 Å². The fourth-order valence-corrected chi connectivity index (χ4v) is 2.33. The Bertz CT molecular complexity index is 743. The van der Waals surface area contributed by atoms with E-state index >= 15 is 0 Å². The second-order valence-corrected chi connectivity index (χ2v) is 5.79. The van der Waals surface area contributed by atoms with Gasteiger partial charge in [0.25, 0.3) is 5.91 Å². The number of hydrogen-bond donors (Lipinski definition) is 3. The maximum atomic E-state index is 13.2. The number of furan rings is 1. The first-order valence-electron chi connectivity index (χ1n) is 8.69. The average Bonchev–Trinajstić information content (AvgIpc) is 3.05. The van der Waals surface area contributed by atoms with Crippen LogP contribution >= 0.6 is 0 Å². The van der Waals surface area contributed by atoms with Crippen molar-refractivity contribution in [2.24, 2.45) is 4.99 Å². The summed E-state index contributed by atoms with van der Waals surface area (Å²) in [7, 11) is 0. The molecule has 0 radical (unpaired) electrons. The van der Waals surface area contributed by atoms with Crippen molar-refractivity contribution in [2.75, 3.05) is 19.6 Å². The van der Waals surface area contributed by atoms with Gasteiger partial charge in [0.2, 0.25) is 0 Å². The van der Waals surface area contributed by atoms with Crippen molar-refractivity contribution in [3.05, 3.63) is 59.3 Å². The van der Waals surface area contributed by atoms with Crippen molar-refractivity contribution >= 4 is 11.9 Å². The van der Waals surface area contributed by atoms with Crippen molar-refractivity contribution in [1.82, 2.24) is 16.0 Å². The molecule has 1 heterocycles. The Balaban J connectivity index is 1.73. The number of aliphatic imine (C=N–C) groups is 1. The zero-order chi connectivity index (χ0) is 18.8. The number of benzene rings is 1. The molecule has 1 aromatic heterocycles. The Morgan fingerprint density at radius 3 is 2.69 bits per heavy atom. The molecule has 0 saturated carbocycles. The van der Waals surface area contributed by atoms with Gasteiger partial charge in [-0.1, -0.05) is 12.1 Å². The zero-order valence-corrected chi connectivity index (χ0v) is 15.1. The normalized spacial score (nSPS) is 11.3. The number of hydrogen-bond acceptors (Lipinski definition) is 3. The smallest absolute Gasteiger partial charge is 0.287 e. The minimum Gasteiger partial charge on any atom is -0.459 e. The number of nitrogens with one attached hydrogen (secondary N) is 3. The minimum absolute atomic E-state index is 0.209. The summed E-state index contributed by atoms with van der Waals surface area (Å²) in [4.78, 5) is 16.4. The highest BCUT2D eigenvalue weighted by Gasteiger charge is 2.11. The molecule has 2 aromatic rings. The molecule has 0 fully saturated rings. The molecule has 0 saturated heterocycles. The van der Waals surface area contributed by atoms with Crippen LogP contribution < -0.4 is 16.0 Å². The van der Waals surface area contributed by atoms with Gasteiger partial charge < -0.3 is 20.4 Å². The SMILES string of the molecule is CCNC(=NCc1cccc(F)c1)NCCCNC(=O)c1occc1C. The quantitative estimate of drug-likeness (QED) is 0.384. The van der Waals surface area contributed by atoms with Crippen LogP contribution in [0.2, 0.25) is 0 Å². The first-order valence-corrected chi connectivity index (χ1v) is 8.69. The van der Waals surface area contributed by atoms with Gasteiger partial charge in [-0.15, -0.1) is 0 Å². The fourth-order valence-electron chi connectivity index (χ4n) is 2.33. The summed E-state index contributed by atoms with van der Waals surface area (Å²) in [5, 5.41) is 9.16. The van der Waals surface area contributed by atoms with E-state index in [0.717, 1.165) is 24.1 Å². The Kier molecular flexibility index (Phi) is 7.67. The number of amides is 1. The number of guanidine groups is 1. The minimum atomic E-state index is -0.266. The standard InChI is InChI=1S/C19H25FN4O2/c1-3-21-19(24-13-15-6-4-7-16(20)12-15)23-10-5-9-22-18(25)17-14(2)8-11-26-17/h4,6-8,11-12H,3,5,9-10,13H2,1-2H3,(H,22,25)(H2,21,23,24). The maximum Gasteiger partial charge on any atom is 0.287 e. The van der Waals surface area contributed by atoms with Crippen molar-refractivity contribution in [3.8, 4) is 0 Å². The van der Waals surface area contributed by atoms with Crippen LogP contribution in [0.15, 0.2) is 46.0 Å². The van der Waals surface area contributed by atoms with Crippen molar-refractivity contribution in [2.45, 2.75) is 26.8 Å². The number of carbonyl (C=O) groups excluding carboxylic acids is 1. The van der Waals surface area contributed by atoms with Crippen LogP contribution in [0.3, 0.4) is 0 Å².